The minimum Gasteiger partial charge on any atom is -0.370 e. The average Bonchev–Trinajstić information content (AvgIpc) is 2.48. The van der Waals surface area contributed by atoms with Crippen LogP contribution in [0.4, 0.5) is 11.6 Å². The second-order valence-electron chi connectivity index (χ2n) is 4.47. The first-order valence-electron chi connectivity index (χ1n) is 7.06. The van der Waals surface area contributed by atoms with E-state index in [0.717, 1.165) is 43.4 Å². The van der Waals surface area contributed by atoms with E-state index < -0.39 is 0 Å². The zero-order valence-electron chi connectivity index (χ0n) is 12.1. The summed E-state index contributed by atoms with van der Waals surface area (Å²) in [4.78, 5) is 12.9. The largest absolute Gasteiger partial charge is 0.370 e. The highest BCUT2D eigenvalue weighted by Crippen LogP contribution is 2.12. The van der Waals surface area contributed by atoms with Gasteiger partial charge in [-0.05, 0) is 31.0 Å². The first-order chi connectivity index (χ1) is 9.81. The second kappa shape index (κ2) is 7.43. The number of rotatable bonds is 7. The van der Waals surface area contributed by atoms with Gasteiger partial charge in [-0.3, -0.25) is 4.98 Å². The van der Waals surface area contributed by atoms with E-state index in [1.165, 1.54) is 5.56 Å². The third-order valence-electron chi connectivity index (χ3n) is 2.92. The van der Waals surface area contributed by atoms with Crippen molar-refractivity contribution in [2.75, 3.05) is 23.7 Å². The van der Waals surface area contributed by atoms with Gasteiger partial charge >= 0.3 is 0 Å². The van der Waals surface area contributed by atoms with Gasteiger partial charge in [0.15, 0.2) is 0 Å². The van der Waals surface area contributed by atoms with E-state index in [-0.39, 0.29) is 0 Å². The molecule has 2 N–H and O–H groups in total. The summed E-state index contributed by atoms with van der Waals surface area (Å²) in [6, 6.07) is 6.02. The first-order valence-corrected chi connectivity index (χ1v) is 7.06. The van der Waals surface area contributed by atoms with Crippen molar-refractivity contribution in [2.45, 2.75) is 26.7 Å². The molecule has 106 valence electrons. The van der Waals surface area contributed by atoms with E-state index in [9.17, 15) is 0 Å². The van der Waals surface area contributed by atoms with Gasteiger partial charge in [0.1, 0.15) is 17.5 Å². The molecular weight excluding hydrogens is 250 g/mol. The molecule has 0 fully saturated rings. The minimum absolute atomic E-state index is 0.832. The number of nitrogens with one attached hydrogen (secondary N) is 2. The van der Waals surface area contributed by atoms with Gasteiger partial charge in [0.2, 0.25) is 0 Å². The van der Waals surface area contributed by atoms with Crippen molar-refractivity contribution >= 4 is 11.6 Å². The Bertz CT molecular complexity index is 527. The molecule has 0 bridgehead atoms. The Kier molecular flexibility index (Phi) is 5.29. The van der Waals surface area contributed by atoms with Crippen LogP contribution in [-0.2, 0) is 12.8 Å². The molecule has 0 aliphatic heterocycles. The lowest BCUT2D eigenvalue weighted by Gasteiger charge is -2.10. The number of aryl methyl sites for hydroxylation is 1. The minimum atomic E-state index is 0.832. The number of hydrogen-bond donors (Lipinski definition) is 2. The lowest BCUT2D eigenvalue weighted by Crippen LogP contribution is -2.10. The van der Waals surface area contributed by atoms with Crippen LogP contribution in [0.5, 0.6) is 0 Å². The molecule has 0 saturated heterocycles. The van der Waals surface area contributed by atoms with Crippen molar-refractivity contribution in [3.8, 4) is 0 Å². The van der Waals surface area contributed by atoms with Gasteiger partial charge in [0, 0.05) is 38.0 Å². The molecule has 0 aromatic carbocycles. The Morgan fingerprint density at radius 2 is 1.70 bits per heavy atom. The van der Waals surface area contributed by atoms with E-state index in [0.29, 0.717) is 0 Å². The summed E-state index contributed by atoms with van der Waals surface area (Å²) in [7, 11) is 0. The van der Waals surface area contributed by atoms with Crippen LogP contribution in [0.15, 0.2) is 30.6 Å². The quantitative estimate of drug-likeness (QED) is 0.810. The fraction of sp³-hybridized carbons (Fsp3) is 0.400. The van der Waals surface area contributed by atoms with Crippen LogP contribution in [-0.4, -0.2) is 28.0 Å². The summed E-state index contributed by atoms with van der Waals surface area (Å²) < 4.78 is 0. The molecule has 0 atom stereocenters. The van der Waals surface area contributed by atoms with E-state index >= 15 is 0 Å². The Balaban J connectivity index is 1.96. The normalized spacial score (nSPS) is 10.3. The molecule has 0 unspecified atom stereocenters. The summed E-state index contributed by atoms with van der Waals surface area (Å²) >= 11 is 0. The molecule has 0 saturated carbocycles. The summed E-state index contributed by atoms with van der Waals surface area (Å²) in [5.41, 5.74) is 1.27. The maximum Gasteiger partial charge on any atom is 0.132 e. The highest BCUT2D eigenvalue weighted by molar-refractivity contribution is 5.47. The van der Waals surface area contributed by atoms with Crippen molar-refractivity contribution in [3.05, 3.63) is 42.0 Å². The Hall–Kier alpha value is -2.17. The third-order valence-corrected chi connectivity index (χ3v) is 2.92. The van der Waals surface area contributed by atoms with Crippen LogP contribution in [0, 0.1) is 0 Å². The summed E-state index contributed by atoms with van der Waals surface area (Å²) in [5.74, 6) is 2.61. The fourth-order valence-corrected chi connectivity index (χ4v) is 1.90. The number of aromatic nitrogens is 3. The Morgan fingerprint density at radius 3 is 2.35 bits per heavy atom. The SMILES string of the molecule is CCNc1cc(NCCc2ccncc2)nc(CC)n1. The maximum absolute atomic E-state index is 4.49. The monoisotopic (exact) mass is 271 g/mol. The Labute approximate surface area is 119 Å². The molecule has 2 aromatic heterocycles. The Morgan fingerprint density at radius 1 is 1.00 bits per heavy atom. The van der Waals surface area contributed by atoms with Crippen LogP contribution in [0.25, 0.3) is 0 Å². The highest BCUT2D eigenvalue weighted by Gasteiger charge is 2.02. The van der Waals surface area contributed by atoms with Crippen LogP contribution < -0.4 is 10.6 Å². The first kappa shape index (κ1) is 14.2. The van der Waals surface area contributed by atoms with Crippen molar-refractivity contribution in [3.63, 3.8) is 0 Å². The van der Waals surface area contributed by atoms with Crippen molar-refractivity contribution in [2.24, 2.45) is 0 Å². The number of nitrogens with zero attached hydrogens (tertiary/aromatic N) is 3. The molecule has 0 spiro atoms. The highest BCUT2D eigenvalue weighted by atomic mass is 15.1. The van der Waals surface area contributed by atoms with E-state index in [2.05, 4.69) is 39.4 Å². The van der Waals surface area contributed by atoms with Crippen LogP contribution in [0.2, 0.25) is 0 Å². The molecule has 0 aliphatic rings. The lowest BCUT2D eigenvalue weighted by atomic mass is 10.2. The number of anilines is 2. The summed E-state index contributed by atoms with van der Waals surface area (Å²) in [6.07, 6.45) is 5.42. The maximum atomic E-state index is 4.49. The lowest BCUT2D eigenvalue weighted by molar-refractivity contribution is 0.922. The van der Waals surface area contributed by atoms with Crippen LogP contribution >= 0.6 is 0 Å². The fourth-order valence-electron chi connectivity index (χ4n) is 1.90. The predicted octanol–water partition coefficient (Wildman–Crippen LogP) is 2.52. The van der Waals surface area contributed by atoms with Gasteiger partial charge in [0.25, 0.3) is 0 Å². The van der Waals surface area contributed by atoms with Crippen molar-refractivity contribution in [1.29, 1.82) is 0 Å². The van der Waals surface area contributed by atoms with E-state index in [4.69, 9.17) is 0 Å². The molecule has 0 aliphatic carbocycles. The smallest absolute Gasteiger partial charge is 0.132 e. The van der Waals surface area contributed by atoms with Gasteiger partial charge in [0.05, 0.1) is 0 Å². The average molecular weight is 271 g/mol. The molecule has 0 radical (unpaired) electrons. The predicted molar refractivity (Wildman–Crippen MR) is 82.0 cm³/mol. The van der Waals surface area contributed by atoms with E-state index in [1.807, 2.05) is 30.6 Å². The van der Waals surface area contributed by atoms with E-state index in [1.54, 1.807) is 0 Å². The zero-order chi connectivity index (χ0) is 14.2. The molecule has 5 nitrogen and oxygen atoms in total. The number of pyridine rings is 1. The van der Waals surface area contributed by atoms with Gasteiger partial charge < -0.3 is 10.6 Å². The van der Waals surface area contributed by atoms with Gasteiger partial charge in [-0.2, -0.15) is 0 Å². The molecule has 2 rings (SSSR count). The van der Waals surface area contributed by atoms with Gasteiger partial charge in [-0.15, -0.1) is 0 Å². The van der Waals surface area contributed by atoms with Crippen molar-refractivity contribution < 1.29 is 0 Å². The molecule has 20 heavy (non-hydrogen) atoms. The zero-order valence-corrected chi connectivity index (χ0v) is 12.1. The van der Waals surface area contributed by atoms with Crippen LogP contribution in [0.1, 0.15) is 25.2 Å². The van der Waals surface area contributed by atoms with Crippen molar-refractivity contribution in [1.82, 2.24) is 15.0 Å². The topological polar surface area (TPSA) is 62.7 Å². The standard InChI is InChI=1S/C15H21N5/c1-3-13-19-14(17-4-2)11-15(20-13)18-10-7-12-5-8-16-9-6-12/h5-6,8-9,11H,3-4,7,10H2,1-2H3,(H2,17,18,19,20). The van der Waals surface area contributed by atoms with Gasteiger partial charge in [-0.25, -0.2) is 9.97 Å². The molecular formula is C15H21N5. The molecule has 2 heterocycles. The third kappa shape index (κ3) is 4.19. The van der Waals surface area contributed by atoms with Gasteiger partial charge in [-0.1, -0.05) is 6.92 Å². The summed E-state index contributed by atoms with van der Waals surface area (Å²) in [5, 5.41) is 6.59. The number of hydrogen-bond acceptors (Lipinski definition) is 5. The molecule has 0 amide bonds. The molecule has 2 aromatic rings. The second-order valence-corrected chi connectivity index (χ2v) is 4.47. The molecule has 5 heteroatoms. The summed E-state index contributed by atoms with van der Waals surface area (Å²) in [6.45, 7) is 5.82. The van der Waals surface area contributed by atoms with Crippen LogP contribution in [0.3, 0.4) is 0 Å².